The van der Waals surface area contributed by atoms with E-state index in [0.717, 1.165) is 11.8 Å². The maximum absolute atomic E-state index is 13.1. The number of nitrogens with zero attached hydrogens (tertiary/aromatic N) is 3. The third-order valence-electron chi connectivity index (χ3n) is 4.15. The summed E-state index contributed by atoms with van der Waals surface area (Å²) in [5.74, 6) is -0.246. The molecule has 0 atom stereocenters. The zero-order valence-corrected chi connectivity index (χ0v) is 17.7. The number of thiophene rings is 1. The quantitative estimate of drug-likeness (QED) is 0.350. The third-order valence-corrected chi connectivity index (χ3v) is 6.30. The number of hydrogen-bond acceptors (Lipinski definition) is 6. The predicted molar refractivity (Wildman–Crippen MR) is 121 cm³/mol. The molecule has 2 heterocycles. The fourth-order valence-electron chi connectivity index (χ4n) is 2.83. The van der Waals surface area contributed by atoms with Crippen LogP contribution >= 0.6 is 34.7 Å². The molecule has 4 rings (SSSR count). The highest BCUT2D eigenvalue weighted by molar-refractivity contribution is 7.99. The molecule has 0 aliphatic rings. The fourth-order valence-corrected chi connectivity index (χ4v) is 4.61. The van der Waals surface area contributed by atoms with E-state index in [-0.39, 0.29) is 17.2 Å². The Labute approximate surface area is 184 Å². The number of aromatic nitrogens is 2. The lowest BCUT2D eigenvalue weighted by Gasteiger charge is -2.13. The number of anilines is 1. The van der Waals surface area contributed by atoms with E-state index >= 15 is 0 Å². The van der Waals surface area contributed by atoms with Crippen LogP contribution in [0.1, 0.15) is 5.56 Å². The predicted octanol–water partition coefficient (Wildman–Crippen LogP) is 4.70. The van der Waals surface area contributed by atoms with Crippen molar-refractivity contribution in [2.75, 3.05) is 11.1 Å². The monoisotopic (exact) mass is 452 g/mol. The van der Waals surface area contributed by atoms with Crippen LogP contribution in [-0.4, -0.2) is 21.2 Å². The molecule has 0 bridgehead atoms. The number of nitrogens with one attached hydrogen (secondary N) is 1. The second-order valence-corrected chi connectivity index (χ2v) is 8.42. The number of thioether (sulfide) groups is 1. The van der Waals surface area contributed by atoms with E-state index in [1.807, 2.05) is 6.07 Å². The van der Waals surface area contributed by atoms with Crippen LogP contribution < -0.4 is 10.9 Å². The summed E-state index contributed by atoms with van der Waals surface area (Å²) < 4.78 is 1.96. The van der Waals surface area contributed by atoms with Crippen LogP contribution in [0, 0.1) is 11.3 Å². The number of rotatable bonds is 5. The molecular formula is C21H13ClN4O2S2. The summed E-state index contributed by atoms with van der Waals surface area (Å²) >= 11 is 8.78. The summed E-state index contributed by atoms with van der Waals surface area (Å²) in [7, 11) is 0. The molecule has 6 nitrogen and oxygen atoms in total. The Hall–Kier alpha value is -3.12. The van der Waals surface area contributed by atoms with Crippen molar-refractivity contribution >= 4 is 56.5 Å². The van der Waals surface area contributed by atoms with Crippen molar-refractivity contribution < 1.29 is 4.79 Å². The van der Waals surface area contributed by atoms with Crippen molar-refractivity contribution in [2.24, 2.45) is 0 Å². The Balaban J connectivity index is 1.64. The SMILES string of the molecule is N#Cc1cccc(NC(=O)CSc2nc3ccsc3c(=O)n2-c2ccccc2Cl)c1. The highest BCUT2D eigenvalue weighted by Gasteiger charge is 2.17. The average molecular weight is 453 g/mol. The van der Waals surface area contributed by atoms with Gasteiger partial charge in [0, 0.05) is 5.69 Å². The number of fused-ring (bicyclic) bond motifs is 1. The highest BCUT2D eigenvalue weighted by Crippen LogP contribution is 2.27. The molecule has 30 heavy (non-hydrogen) atoms. The van der Waals surface area contributed by atoms with Crippen molar-refractivity contribution in [3.63, 3.8) is 0 Å². The van der Waals surface area contributed by atoms with Gasteiger partial charge in [-0.1, -0.05) is 41.6 Å². The Morgan fingerprint density at radius 2 is 2.07 bits per heavy atom. The second-order valence-electron chi connectivity index (χ2n) is 6.15. The van der Waals surface area contributed by atoms with Gasteiger partial charge in [-0.15, -0.1) is 11.3 Å². The zero-order valence-electron chi connectivity index (χ0n) is 15.3. The molecular weight excluding hydrogens is 440 g/mol. The van der Waals surface area contributed by atoms with Gasteiger partial charge in [0.25, 0.3) is 5.56 Å². The van der Waals surface area contributed by atoms with Gasteiger partial charge in [0.2, 0.25) is 5.91 Å². The number of amides is 1. The summed E-state index contributed by atoms with van der Waals surface area (Å²) in [5, 5.41) is 14.3. The first-order chi connectivity index (χ1) is 14.6. The Bertz CT molecular complexity index is 1360. The first kappa shape index (κ1) is 20.2. The van der Waals surface area contributed by atoms with Gasteiger partial charge in [0.15, 0.2) is 5.16 Å². The second kappa shape index (κ2) is 8.71. The van der Waals surface area contributed by atoms with Crippen molar-refractivity contribution in [1.82, 2.24) is 9.55 Å². The number of halogens is 1. The van der Waals surface area contributed by atoms with E-state index in [1.54, 1.807) is 60.0 Å². The normalized spacial score (nSPS) is 10.7. The minimum atomic E-state index is -0.277. The van der Waals surface area contributed by atoms with Crippen LogP contribution in [0.4, 0.5) is 5.69 Å². The lowest BCUT2D eigenvalue weighted by atomic mass is 10.2. The summed E-state index contributed by atoms with van der Waals surface area (Å²) in [5.41, 5.74) is 1.85. The van der Waals surface area contributed by atoms with E-state index in [2.05, 4.69) is 10.3 Å². The van der Waals surface area contributed by atoms with Gasteiger partial charge in [0.1, 0.15) is 4.70 Å². The van der Waals surface area contributed by atoms with Gasteiger partial charge < -0.3 is 5.32 Å². The van der Waals surface area contributed by atoms with Crippen LogP contribution in [0.5, 0.6) is 0 Å². The molecule has 0 saturated heterocycles. The van der Waals surface area contributed by atoms with Crippen molar-refractivity contribution in [3.8, 4) is 11.8 Å². The number of benzene rings is 2. The van der Waals surface area contributed by atoms with Crippen LogP contribution in [0.15, 0.2) is 69.9 Å². The van der Waals surface area contributed by atoms with Crippen LogP contribution in [0.3, 0.4) is 0 Å². The number of carbonyl (C=O) groups excluding carboxylic acids is 1. The minimum Gasteiger partial charge on any atom is -0.325 e. The minimum absolute atomic E-state index is 0.0311. The molecule has 1 amide bonds. The van der Waals surface area contributed by atoms with Gasteiger partial charge in [0.05, 0.1) is 33.6 Å². The summed E-state index contributed by atoms with van der Waals surface area (Å²) in [6.45, 7) is 0. The zero-order chi connectivity index (χ0) is 21.1. The molecule has 0 saturated carbocycles. The Morgan fingerprint density at radius 1 is 1.23 bits per heavy atom. The molecule has 2 aromatic carbocycles. The van der Waals surface area contributed by atoms with E-state index in [9.17, 15) is 9.59 Å². The van der Waals surface area contributed by atoms with Gasteiger partial charge in [-0.2, -0.15) is 5.26 Å². The largest absolute Gasteiger partial charge is 0.325 e. The molecule has 0 aliphatic carbocycles. The smallest absolute Gasteiger partial charge is 0.276 e. The Morgan fingerprint density at radius 3 is 2.87 bits per heavy atom. The third kappa shape index (κ3) is 4.09. The van der Waals surface area contributed by atoms with E-state index in [4.69, 9.17) is 16.9 Å². The molecule has 148 valence electrons. The van der Waals surface area contributed by atoms with Crippen molar-refractivity contribution in [3.05, 3.63) is 80.9 Å². The number of nitriles is 1. The van der Waals surface area contributed by atoms with Crippen molar-refractivity contribution in [2.45, 2.75) is 5.16 Å². The van der Waals surface area contributed by atoms with E-state index < -0.39 is 0 Å². The topological polar surface area (TPSA) is 87.8 Å². The molecule has 2 aromatic heterocycles. The molecule has 0 fully saturated rings. The Kier molecular flexibility index (Phi) is 5.86. The van der Waals surface area contributed by atoms with Crippen LogP contribution in [0.25, 0.3) is 15.9 Å². The molecule has 0 aliphatic heterocycles. The van der Waals surface area contributed by atoms with E-state index in [0.29, 0.717) is 37.3 Å². The highest BCUT2D eigenvalue weighted by atomic mass is 35.5. The lowest BCUT2D eigenvalue weighted by Crippen LogP contribution is -2.22. The van der Waals surface area contributed by atoms with E-state index in [1.165, 1.54) is 15.9 Å². The number of carbonyl (C=O) groups is 1. The number of para-hydroxylation sites is 1. The maximum Gasteiger partial charge on any atom is 0.276 e. The summed E-state index contributed by atoms with van der Waals surface area (Å²) in [6, 6.07) is 17.5. The van der Waals surface area contributed by atoms with Crippen molar-refractivity contribution in [1.29, 1.82) is 5.26 Å². The van der Waals surface area contributed by atoms with Crippen LogP contribution in [-0.2, 0) is 4.79 Å². The molecule has 0 spiro atoms. The molecule has 1 N–H and O–H groups in total. The molecule has 0 unspecified atom stereocenters. The summed E-state index contributed by atoms with van der Waals surface area (Å²) in [4.78, 5) is 30.1. The first-order valence-electron chi connectivity index (χ1n) is 8.75. The number of hydrogen-bond donors (Lipinski definition) is 1. The van der Waals surface area contributed by atoms with Crippen LogP contribution in [0.2, 0.25) is 5.02 Å². The van der Waals surface area contributed by atoms with Gasteiger partial charge >= 0.3 is 0 Å². The van der Waals surface area contributed by atoms with Gasteiger partial charge in [-0.25, -0.2) is 4.98 Å². The summed E-state index contributed by atoms with van der Waals surface area (Å²) in [6.07, 6.45) is 0. The molecule has 9 heteroatoms. The standard InChI is InChI=1S/C21H13ClN4O2S2/c22-15-6-1-2-7-17(15)26-20(28)19-16(8-9-29-19)25-21(26)30-12-18(27)24-14-5-3-4-13(10-14)11-23/h1-10H,12H2,(H,24,27). The lowest BCUT2D eigenvalue weighted by molar-refractivity contribution is -0.113. The maximum atomic E-state index is 13.1. The molecule has 4 aromatic rings. The van der Waals surface area contributed by atoms with Gasteiger partial charge in [-0.05, 0) is 41.8 Å². The first-order valence-corrected chi connectivity index (χ1v) is 11.0. The molecule has 0 radical (unpaired) electrons. The average Bonchev–Trinajstić information content (AvgIpc) is 3.22. The van der Waals surface area contributed by atoms with Gasteiger partial charge in [-0.3, -0.25) is 14.2 Å². The fraction of sp³-hybridized carbons (Fsp3) is 0.0476.